The Hall–Kier alpha value is -2.17. The van der Waals surface area contributed by atoms with Gasteiger partial charge in [0.05, 0.1) is 13.2 Å². The molecule has 1 aliphatic rings. The number of nitrogens with one attached hydrogen (secondary N) is 1. The zero-order valence-corrected chi connectivity index (χ0v) is 15.7. The van der Waals surface area contributed by atoms with E-state index in [1.165, 1.54) is 17.5 Å². The number of hydrogen-bond acceptors (Lipinski definition) is 7. The molecule has 0 radical (unpaired) electrons. The summed E-state index contributed by atoms with van der Waals surface area (Å²) in [4.78, 5) is 16.1. The molecule has 3 heterocycles. The van der Waals surface area contributed by atoms with Crippen LogP contribution in [0.3, 0.4) is 0 Å². The number of rotatable bonds is 5. The summed E-state index contributed by atoms with van der Waals surface area (Å²) in [5, 5.41) is 3.21. The number of aromatic nitrogens is 2. The molecule has 1 fully saturated rings. The van der Waals surface area contributed by atoms with Crippen LogP contribution < -0.4 is 5.32 Å². The molecule has 0 bridgehead atoms. The maximum atomic E-state index is 13.4. The first-order valence-corrected chi connectivity index (χ1v) is 9.75. The lowest BCUT2D eigenvalue weighted by Gasteiger charge is -2.34. The molecule has 1 aliphatic heterocycles. The van der Waals surface area contributed by atoms with Gasteiger partial charge in [-0.15, -0.1) is 0 Å². The Kier molecular flexibility index (Phi) is 5.17. The molecule has 0 saturated carbocycles. The van der Waals surface area contributed by atoms with E-state index in [1.807, 2.05) is 7.05 Å². The minimum absolute atomic E-state index is 0.00140. The molecule has 9 nitrogen and oxygen atoms in total. The highest BCUT2D eigenvalue weighted by Crippen LogP contribution is 2.31. The van der Waals surface area contributed by atoms with Crippen LogP contribution in [0.2, 0.25) is 0 Å². The fourth-order valence-corrected chi connectivity index (χ4v) is 4.91. The van der Waals surface area contributed by atoms with Gasteiger partial charge >= 0.3 is 5.97 Å². The van der Waals surface area contributed by atoms with Crippen molar-refractivity contribution in [1.29, 1.82) is 0 Å². The average molecular weight is 382 g/mol. The van der Waals surface area contributed by atoms with Crippen LogP contribution in [0, 0.1) is 0 Å². The number of nitrogens with zero attached hydrogens (tertiary/aromatic N) is 3. The molecule has 142 valence electrons. The van der Waals surface area contributed by atoms with Crippen molar-refractivity contribution in [2.75, 3.05) is 26.7 Å². The predicted molar refractivity (Wildman–Crippen MR) is 92.1 cm³/mol. The molecule has 2 aromatic heterocycles. The number of carbonyl (C=O) groups excluding carboxylic acids is 1. The van der Waals surface area contributed by atoms with Crippen molar-refractivity contribution in [3.63, 3.8) is 0 Å². The summed E-state index contributed by atoms with van der Waals surface area (Å²) in [5.41, 5.74) is 0. The number of hydrogen-bond donors (Lipinski definition) is 1. The van der Waals surface area contributed by atoms with E-state index in [9.17, 15) is 13.2 Å². The average Bonchev–Trinajstić information content (AvgIpc) is 3.27. The van der Waals surface area contributed by atoms with Crippen LogP contribution in [0.5, 0.6) is 0 Å². The highest BCUT2D eigenvalue weighted by Gasteiger charge is 2.39. The summed E-state index contributed by atoms with van der Waals surface area (Å²) in [6.45, 7) is 3.05. The maximum absolute atomic E-state index is 13.4. The second kappa shape index (κ2) is 7.22. The van der Waals surface area contributed by atoms with Gasteiger partial charge in [-0.05, 0) is 0 Å². The fraction of sp³-hybridized carbons (Fsp3) is 0.500. The van der Waals surface area contributed by atoms with E-state index in [0.717, 1.165) is 0 Å². The van der Waals surface area contributed by atoms with E-state index in [0.29, 0.717) is 31.9 Å². The lowest BCUT2D eigenvalue weighted by Crippen LogP contribution is -2.49. The van der Waals surface area contributed by atoms with Gasteiger partial charge < -0.3 is 19.0 Å². The maximum Gasteiger partial charge on any atom is 0.373 e. The summed E-state index contributed by atoms with van der Waals surface area (Å²) in [6.07, 6.45) is 3.75. The Morgan fingerprint density at radius 2 is 2.27 bits per heavy atom. The van der Waals surface area contributed by atoms with Gasteiger partial charge in [0.1, 0.15) is 16.5 Å². The smallest absolute Gasteiger partial charge is 0.373 e. The standard InChI is InChI=1S/C16H22N4O5S/c1-4-12-14(9-13(25-12)16(21)24-3)26(22,23)20-8-5-17-10-11(20)15-18-6-7-19(15)2/h6-7,9,11,17H,4-5,8,10H2,1-3H3. The van der Waals surface area contributed by atoms with E-state index in [4.69, 9.17) is 4.42 Å². The van der Waals surface area contributed by atoms with Gasteiger partial charge in [0.2, 0.25) is 15.8 Å². The molecule has 0 aromatic carbocycles. The Morgan fingerprint density at radius 1 is 1.50 bits per heavy atom. The first-order valence-electron chi connectivity index (χ1n) is 8.31. The number of imidazole rings is 1. The van der Waals surface area contributed by atoms with Gasteiger partial charge in [0.25, 0.3) is 0 Å². The van der Waals surface area contributed by atoms with Crippen LogP contribution in [0.25, 0.3) is 0 Å². The summed E-state index contributed by atoms with van der Waals surface area (Å²) in [7, 11) is -0.833. The van der Waals surface area contributed by atoms with Crippen molar-refractivity contribution in [3.8, 4) is 0 Å². The summed E-state index contributed by atoms with van der Waals surface area (Å²) in [6, 6.07) is 0.798. The molecule has 1 unspecified atom stereocenters. The first kappa shape index (κ1) is 18.6. The highest BCUT2D eigenvalue weighted by atomic mass is 32.2. The number of piperazine rings is 1. The first-order chi connectivity index (χ1) is 12.4. The summed E-state index contributed by atoms with van der Waals surface area (Å²) < 4.78 is 40.0. The Bertz CT molecular complexity index is 902. The molecule has 0 aliphatic carbocycles. The minimum atomic E-state index is -3.88. The van der Waals surface area contributed by atoms with Crippen molar-refractivity contribution in [1.82, 2.24) is 19.2 Å². The van der Waals surface area contributed by atoms with Crippen molar-refractivity contribution >= 4 is 16.0 Å². The van der Waals surface area contributed by atoms with Crippen molar-refractivity contribution < 1.29 is 22.4 Å². The van der Waals surface area contributed by atoms with E-state index >= 15 is 0 Å². The highest BCUT2D eigenvalue weighted by molar-refractivity contribution is 7.89. The van der Waals surface area contributed by atoms with Crippen LogP contribution in [0.4, 0.5) is 0 Å². The van der Waals surface area contributed by atoms with Crippen LogP contribution in [0.15, 0.2) is 27.8 Å². The number of esters is 1. The predicted octanol–water partition coefficient (Wildman–Crippen LogP) is 0.697. The zero-order chi connectivity index (χ0) is 18.9. The molecule has 2 aromatic rings. The Labute approximate surface area is 152 Å². The molecule has 1 atom stereocenters. The van der Waals surface area contributed by atoms with Gasteiger partial charge in [-0.1, -0.05) is 6.92 Å². The van der Waals surface area contributed by atoms with Gasteiger partial charge in [0, 0.05) is 51.6 Å². The quantitative estimate of drug-likeness (QED) is 0.759. The number of furan rings is 1. The summed E-state index contributed by atoms with van der Waals surface area (Å²) >= 11 is 0. The molecule has 1 saturated heterocycles. The third kappa shape index (κ3) is 3.15. The zero-order valence-electron chi connectivity index (χ0n) is 14.9. The monoisotopic (exact) mass is 382 g/mol. The van der Waals surface area contributed by atoms with Crippen molar-refractivity contribution in [2.24, 2.45) is 7.05 Å². The van der Waals surface area contributed by atoms with E-state index in [1.54, 1.807) is 23.9 Å². The van der Waals surface area contributed by atoms with E-state index < -0.39 is 22.0 Å². The summed E-state index contributed by atoms with van der Waals surface area (Å²) in [5.74, 6) is 0.0618. The largest absolute Gasteiger partial charge is 0.463 e. The van der Waals surface area contributed by atoms with Crippen LogP contribution >= 0.6 is 0 Å². The van der Waals surface area contributed by atoms with Gasteiger partial charge in [-0.25, -0.2) is 18.2 Å². The van der Waals surface area contributed by atoms with Crippen LogP contribution in [0.1, 0.15) is 35.1 Å². The normalized spacial score (nSPS) is 18.8. The molecule has 0 spiro atoms. The SMILES string of the molecule is CCc1oc(C(=O)OC)cc1S(=O)(=O)N1CCNCC1c1nccn1C. The third-order valence-corrected chi connectivity index (χ3v) is 6.37. The van der Waals surface area contributed by atoms with Gasteiger partial charge in [0.15, 0.2) is 0 Å². The fourth-order valence-electron chi connectivity index (χ4n) is 3.10. The second-order valence-corrected chi connectivity index (χ2v) is 7.83. The van der Waals surface area contributed by atoms with Crippen molar-refractivity contribution in [2.45, 2.75) is 24.3 Å². The number of carbonyl (C=O) groups is 1. The molecular weight excluding hydrogens is 360 g/mol. The van der Waals surface area contributed by atoms with Gasteiger partial charge in [-0.2, -0.15) is 4.31 Å². The van der Waals surface area contributed by atoms with Crippen molar-refractivity contribution in [3.05, 3.63) is 35.8 Å². The lowest BCUT2D eigenvalue weighted by molar-refractivity contribution is 0.0563. The van der Waals surface area contributed by atoms with Crippen LogP contribution in [-0.4, -0.2) is 55.0 Å². The van der Waals surface area contributed by atoms with E-state index in [2.05, 4.69) is 15.0 Å². The Morgan fingerprint density at radius 3 is 2.88 bits per heavy atom. The minimum Gasteiger partial charge on any atom is -0.463 e. The Balaban J connectivity index is 2.04. The molecule has 1 N–H and O–H groups in total. The molecule has 10 heteroatoms. The number of aryl methyl sites for hydroxylation is 2. The van der Waals surface area contributed by atoms with Crippen LogP contribution in [-0.2, 0) is 28.2 Å². The second-order valence-electron chi connectivity index (χ2n) is 5.98. The third-order valence-electron chi connectivity index (χ3n) is 4.42. The lowest BCUT2D eigenvalue weighted by atomic mass is 10.2. The number of ether oxygens (including phenoxy) is 1. The molecule has 3 rings (SSSR count). The molecular formula is C16H22N4O5S. The number of methoxy groups -OCH3 is 1. The number of sulfonamides is 1. The molecule has 0 amide bonds. The molecule has 26 heavy (non-hydrogen) atoms. The van der Waals surface area contributed by atoms with Gasteiger partial charge in [-0.3, -0.25) is 0 Å². The van der Waals surface area contributed by atoms with E-state index in [-0.39, 0.29) is 16.4 Å². The topological polar surface area (TPSA) is 107 Å².